The Morgan fingerprint density at radius 3 is 2.65 bits per heavy atom. The van der Waals surface area contributed by atoms with E-state index in [-0.39, 0.29) is 17.5 Å². The summed E-state index contributed by atoms with van der Waals surface area (Å²) in [5, 5.41) is 0. The maximum absolute atomic E-state index is 12.8. The Morgan fingerprint density at radius 1 is 1.24 bits per heavy atom. The minimum atomic E-state index is -3.58. The molecule has 1 aliphatic rings. The average Bonchev–Trinajstić information content (AvgIpc) is 2.58. The van der Waals surface area contributed by atoms with Gasteiger partial charge < -0.3 is 20.9 Å². The predicted octanol–water partition coefficient (Wildman–Crippen LogP) is 1.75. The van der Waals surface area contributed by atoms with Crippen LogP contribution in [0.2, 0.25) is 0 Å². The van der Waals surface area contributed by atoms with Gasteiger partial charge in [-0.1, -0.05) is 6.07 Å². The van der Waals surface area contributed by atoms with Crippen LogP contribution < -0.4 is 20.9 Å². The summed E-state index contributed by atoms with van der Waals surface area (Å²) in [5.41, 5.74) is 12.0. The fraction of sp³-hybridized carbons (Fsp3) is 0.455. The van der Waals surface area contributed by atoms with Crippen molar-refractivity contribution in [3.8, 4) is 11.5 Å². The number of ether oxygens (including phenoxy) is 2. The first-order valence-corrected chi connectivity index (χ1v) is 5.37. The van der Waals surface area contributed by atoms with Crippen molar-refractivity contribution in [2.45, 2.75) is 25.2 Å². The highest BCUT2D eigenvalue weighted by Crippen LogP contribution is 2.42. The molecule has 6 heteroatoms. The third-order valence-electron chi connectivity index (χ3n) is 2.57. The van der Waals surface area contributed by atoms with Gasteiger partial charge in [0.05, 0.1) is 0 Å². The van der Waals surface area contributed by atoms with Crippen LogP contribution in [0.15, 0.2) is 18.2 Å². The average molecular weight is 244 g/mol. The third kappa shape index (κ3) is 2.65. The fourth-order valence-electron chi connectivity index (χ4n) is 1.70. The molecule has 0 aliphatic carbocycles. The molecule has 0 fully saturated rings. The van der Waals surface area contributed by atoms with Crippen LogP contribution in [-0.2, 0) is 0 Å². The SMILES string of the molecule is NCCC[C@H](N)c1ccc2c(c1)OC(F)(F)O2. The quantitative estimate of drug-likeness (QED) is 0.846. The number of fused-ring (bicyclic) bond motifs is 1. The number of hydrogen-bond acceptors (Lipinski definition) is 4. The number of rotatable bonds is 4. The Hall–Kier alpha value is -1.40. The molecule has 0 aromatic heterocycles. The van der Waals surface area contributed by atoms with Gasteiger partial charge in [0.1, 0.15) is 0 Å². The van der Waals surface area contributed by atoms with Gasteiger partial charge in [0, 0.05) is 6.04 Å². The second-order valence-electron chi connectivity index (χ2n) is 3.91. The largest absolute Gasteiger partial charge is 0.586 e. The van der Waals surface area contributed by atoms with Crippen LogP contribution in [0.4, 0.5) is 8.78 Å². The molecular weight excluding hydrogens is 230 g/mol. The van der Waals surface area contributed by atoms with Gasteiger partial charge in [-0.25, -0.2) is 0 Å². The smallest absolute Gasteiger partial charge is 0.395 e. The summed E-state index contributed by atoms with van der Waals surface area (Å²) in [7, 11) is 0. The summed E-state index contributed by atoms with van der Waals surface area (Å²) in [4.78, 5) is 0. The highest BCUT2D eigenvalue weighted by molar-refractivity contribution is 5.45. The van der Waals surface area contributed by atoms with Crippen LogP contribution >= 0.6 is 0 Å². The Labute approximate surface area is 97.5 Å². The van der Waals surface area contributed by atoms with E-state index < -0.39 is 6.29 Å². The zero-order valence-electron chi connectivity index (χ0n) is 9.16. The third-order valence-corrected chi connectivity index (χ3v) is 2.57. The summed E-state index contributed by atoms with van der Waals surface area (Å²) in [6.45, 7) is 0.552. The minimum Gasteiger partial charge on any atom is -0.395 e. The van der Waals surface area contributed by atoms with Crippen molar-refractivity contribution in [1.29, 1.82) is 0 Å². The highest BCUT2D eigenvalue weighted by atomic mass is 19.3. The van der Waals surface area contributed by atoms with Crippen molar-refractivity contribution in [1.82, 2.24) is 0 Å². The van der Waals surface area contributed by atoms with Crippen LogP contribution in [0.5, 0.6) is 11.5 Å². The molecule has 1 aromatic rings. The van der Waals surface area contributed by atoms with E-state index in [9.17, 15) is 8.78 Å². The van der Waals surface area contributed by atoms with E-state index in [1.54, 1.807) is 6.07 Å². The van der Waals surface area contributed by atoms with Gasteiger partial charge in [0.2, 0.25) is 0 Å². The zero-order chi connectivity index (χ0) is 12.5. The number of halogens is 2. The van der Waals surface area contributed by atoms with E-state index in [1.165, 1.54) is 12.1 Å². The molecule has 1 heterocycles. The van der Waals surface area contributed by atoms with Gasteiger partial charge in [0.25, 0.3) is 0 Å². The lowest BCUT2D eigenvalue weighted by molar-refractivity contribution is -0.286. The molecule has 0 bridgehead atoms. The number of benzene rings is 1. The van der Waals surface area contributed by atoms with Gasteiger partial charge in [-0.3, -0.25) is 0 Å². The molecule has 0 saturated carbocycles. The molecule has 94 valence electrons. The molecular formula is C11H14F2N2O2. The molecule has 1 atom stereocenters. The van der Waals surface area contributed by atoms with Crippen molar-refractivity contribution in [2.75, 3.05) is 6.54 Å². The van der Waals surface area contributed by atoms with Gasteiger partial charge in [-0.05, 0) is 37.1 Å². The van der Waals surface area contributed by atoms with Crippen molar-refractivity contribution < 1.29 is 18.3 Å². The van der Waals surface area contributed by atoms with Crippen LogP contribution in [0.1, 0.15) is 24.4 Å². The standard InChI is InChI=1S/C11H14F2N2O2/c12-11(13)16-9-4-3-7(6-10(9)17-11)8(15)2-1-5-14/h3-4,6,8H,1-2,5,14-15H2/t8-/m0/s1. The number of nitrogens with two attached hydrogens (primary N) is 2. The first kappa shape index (κ1) is 12.1. The van der Waals surface area contributed by atoms with Gasteiger partial charge in [0.15, 0.2) is 11.5 Å². The van der Waals surface area contributed by atoms with E-state index >= 15 is 0 Å². The molecule has 2 rings (SSSR count). The lowest BCUT2D eigenvalue weighted by Gasteiger charge is -2.11. The zero-order valence-corrected chi connectivity index (χ0v) is 9.16. The maximum atomic E-state index is 12.8. The highest BCUT2D eigenvalue weighted by Gasteiger charge is 2.43. The van der Waals surface area contributed by atoms with Gasteiger partial charge in [-0.2, -0.15) is 0 Å². The van der Waals surface area contributed by atoms with Crippen molar-refractivity contribution in [3.05, 3.63) is 23.8 Å². The van der Waals surface area contributed by atoms with E-state index in [0.717, 1.165) is 12.0 Å². The van der Waals surface area contributed by atoms with E-state index in [1.807, 2.05) is 0 Å². The molecule has 0 unspecified atom stereocenters. The Kier molecular flexibility index (Phi) is 3.17. The van der Waals surface area contributed by atoms with Crippen LogP contribution in [-0.4, -0.2) is 12.8 Å². The van der Waals surface area contributed by atoms with Crippen molar-refractivity contribution in [3.63, 3.8) is 0 Å². The molecule has 4 N–H and O–H groups in total. The second-order valence-corrected chi connectivity index (χ2v) is 3.91. The normalized spacial score (nSPS) is 18.1. The summed E-state index contributed by atoms with van der Waals surface area (Å²) < 4.78 is 34.2. The fourth-order valence-corrected chi connectivity index (χ4v) is 1.70. The predicted molar refractivity (Wildman–Crippen MR) is 57.9 cm³/mol. The molecule has 1 aromatic carbocycles. The first-order chi connectivity index (χ1) is 8.02. The van der Waals surface area contributed by atoms with Crippen molar-refractivity contribution in [2.24, 2.45) is 11.5 Å². The van der Waals surface area contributed by atoms with Gasteiger partial charge in [-0.15, -0.1) is 8.78 Å². The first-order valence-electron chi connectivity index (χ1n) is 5.37. The van der Waals surface area contributed by atoms with Crippen LogP contribution in [0.3, 0.4) is 0 Å². The van der Waals surface area contributed by atoms with Crippen molar-refractivity contribution >= 4 is 0 Å². The van der Waals surface area contributed by atoms with E-state index in [4.69, 9.17) is 11.5 Å². The lowest BCUT2D eigenvalue weighted by Crippen LogP contribution is -2.25. The molecule has 0 amide bonds. The van der Waals surface area contributed by atoms with E-state index in [2.05, 4.69) is 9.47 Å². The second kappa shape index (κ2) is 4.46. The molecule has 4 nitrogen and oxygen atoms in total. The molecule has 17 heavy (non-hydrogen) atoms. The Morgan fingerprint density at radius 2 is 1.94 bits per heavy atom. The Bertz CT molecular complexity index is 412. The summed E-state index contributed by atoms with van der Waals surface area (Å²) in [5.74, 6) is 0.0560. The topological polar surface area (TPSA) is 70.5 Å². The van der Waals surface area contributed by atoms with Crippen LogP contribution in [0.25, 0.3) is 0 Å². The summed E-state index contributed by atoms with van der Waals surface area (Å²) in [6.07, 6.45) is -2.10. The number of alkyl halides is 2. The summed E-state index contributed by atoms with van der Waals surface area (Å²) in [6, 6.07) is 4.34. The molecule has 0 saturated heterocycles. The van der Waals surface area contributed by atoms with Gasteiger partial charge >= 0.3 is 6.29 Å². The summed E-state index contributed by atoms with van der Waals surface area (Å²) >= 11 is 0. The number of hydrogen-bond donors (Lipinski definition) is 2. The monoisotopic (exact) mass is 244 g/mol. The maximum Gasteiger partial charge on any atom is 0.586 e. The Balaban J connectivity index is 2.13. The lowest BCUT2D eigenvalue weighted by atomic mass is 10.0. The molecule has 0 spiro atoms. The van der Waals surface area contributed by atoms with Crippen LogP contribution in [0, 0.1) is 0 Å². The molecule has 1 aliphatic heterocycles. The van der Waals surface area contributed by atoms with E-state index in [0.29, 0.717) is 13.0 Å². The molecule has 0 radical (unpaired) electrons. The minimum absolute atomic E-state index is 0.0238.